The van der Waals surface area contributed by atoms with E-state index in [2.05, 4.69) is 47.2 Å². The summed E-state index contributed by atoms with van der Waals surface area (Å²) >= 11 is 3.56. The first-order valence-corrected chi connectivity index (χ1v) is 14.1. The molecule has 2 amide bonds. The number of hydrogen-bond donors (Lipinski definition) is 1. The van der Waals surface area contributed by atoms with Crippen molar-refractivity contribution in [2.24, 2.45) is 0 Å². The molecule has 3 aromatic carbocycles. The van der Waals surface area contributed by atoms with E-state index in [4.69, 9.17) is 0 Å². The predicted molar refractivity (Wildman–Crippen MR) is 153 cm³/mol. The van der Waals surface area contributed by atoms with Crippen LogP contribution in [0.4, 0.5) is 0 Å². The van der Waals surface area contributed by atoms with Gasteiger partial charge in [-0.2, -0.15) is 0 Å². The molecule has 0 bridgehead atoms. The number of benzene rings is 3. The molecule has 194 valence electrons. The Labute approximate surface area is 229 Å². The molecule has 1 atom stereocenters. The molecule has 1 saturated carbocycles. The van der Waals surface area contributed by atoms with Crippen molar-refractivity contribution in [3.8, 4) is 0 Å². The van der Waals surface area contributed by atoms with E-state index in [0.29, 0.717) is 13.0 Å². The minimum absolute atomic E-state index is 0.0389. The van der Waals surface area contributed by atoms with Crippen LogP contribution in [0.15, 0.2) is 77.3 Å². The Kier molecular flexibility index (Phi) is 9.56. The molecule has 1 fully saturated rings. The summed E-state index contributed by atoms with van der Waals surface area (Å²) in [5, 5.41) is 3.31. The number of aryl methyl sites for hydroxylation is 2. The minimum Gasteiger partial charge on any atom is -0.352 e. The van der Waals surface area contributed by atoms with Gasteiger partial charge in [-0.15, -0.1) is 0 Å². The van der Waals surface area contributed by atoms with Crippen LogP contribution in [-0.4, -0.2) is 28.8 Å². The van der Waals surface area contributed by atoms with E-state index in [1.165, 1.54) is 17.5 Å². The van der Waals surface area contributed by atoms with Crippen LogP contribution in [0.2, 0.25) is 0 Å². The molecule has 0 spiro atoms. The Balaban J connectivity index is 1.66. The normalized spacial score (nSPS) is 14.7. The molecule has 0 saturated heterocycles. The quantitative estimate of drug-likeness (QED) is 0.316. The van der Waals surface area contributed by atoms with E-state index in [-0.39, 0.29) is 24.3 Å². The fourth-order valence-corrected chi connectivity index (χ4v) is 5.57. The summed E-state index contributed by atoms with van der Waals surface area (Å²) in [6.45, 7) is 4.52. The molecular weight excluding hydrogens is 524 g/mol. The number of halogens is 1. The van der Waals surface area contributed by atoms with Crippen LogP contribution in [0.1, 0.15) is 59.9 Å². The number of rotatable bonds is 9. The maximum absolute atomic E-state index is 14.0. The summed E-state index contributed by atoms with van der Waals surface area (Å²) in [5.74, 6) is -0.0952. The van der Waals surface area contributed by atoms with E-state index in [9.17, 15) is 9.59 Å². The molecule has 0 unspecified atom stereocenters. The monoisotopic (exact) mass is 560 g/mol. The van der Waals surface area contributed by atoms with Crippen LogP contribution >= 0.6 is 15.9 Å². The van der Waals surface area contributed by atoms with E-state index in [1.807, 2.05) is 60.7 Å². The summed E-state index contributed by atoms with van der Waals surface area (Å²) in [7, 11) is 0. The van der Waals surface area contributed by atoms with E-state index in [0.717, 1.165) is 46.8 Å². The number of carbonyl (C=O) groups excluding carboxylic acids is 2. The van der Waals surface area contributed by atoms with Crippen molar-refractivity contribution in [1.29, 1.82) is 0 Å². The van der Waals surface area contributed by atoms with E-state index < -0.39 is 6.04 Å². The SMILES string of the molecule is Cc1ccc(CC(=O)N(Cc2cccc(Br)c2)[C@H](Cc2ccccc2)C(=O)NC2CCCCC2)cc1C. The molecule has 0 aromatic heterocycles. The second kappa shape index (κ2) is 13.0. The third-order valence-corrected chi connectivity index (χ3v) is 7.88. The Morgan fingerprint density at radius 1 is 0.865 bits per heavy atom. The molecule has 1 aliphatic carbocycles. The van der Waals surface area contributed by atoms with Gasteiger partial charge in [0.05, 0.1) is 6.42 Å². The second-order valence-electron chi connectivity index (χ2n) is 10.3. The molecule has 4 nitrogen and oxygen atoms in total. The standard InChI is InChI=1S/C32H37BrN2O2/c1-23-16-17-26(18-24(23)2)21-31(36)35(22-27-12-9-13-28(33)19-27)30(20-25-10-5-3-6-11-25)32(37)34-29-14-7-4-8-15-29/h3,5-6,9-13,16-19,29-30H,4,7-8,14-15,20-22H2,1-2H3,(H,34,37)/t30-/m1/s1. The number of hydrogen-bond acceptors (Lipinski definition) is 2. The summed E-state index contributed by atoms with van der Waals surface area (Å²) < 4.78 is 0.956. The average Bonchev–Trinajstić information content (AvgIpc) is 2.89. The van der Waals surface area contributed by atoms with Crippen LogP contribution in [0.25, 0.3) is 0 Å². The molecule has 1 aliphatic rings. The topological polar surface area (TPSA) is 49.4 Å². The average molecular weight is 562 g/mol. The first-order chi connectivity index (χ1) is 17.9. The zero-order valence-electron chi connectivity index (χ0n) is 21.9. The second-order valence-corrected chi connectivity index (χ2v) is 11.2. The highest BCUT2D eigenvalue weighted by molar-refractivity contribution is 9.10. The van der Waals surface area contributed by atoms with Gasteiger partial charge in [0.1, 0.15) is 6.04 Å². The molecule has 0 heterocycles. The molecule has 0 radical (unpaired) electrons. The first kappa shape index (κ1) is 27.1. The lowest BCUT2D eigenvalue weighted by Crippen LogP contribution is -2.53. The number of carbonyl (C=O) groups is 2. The van der Waals surface area contributed by atoms with Crippen molar-refractivity contribution in [3.05, 3.63) is 105 Å². The fourth-order valence-electron chi connectivity index (χ4n) is 5.12. The highest BCUT2D eigenvalue weighted by atomic mass is 79.9. The van der Waals surface area contributed by atoms with Gasteiger partial charge in [0, 0.05) is 23.5 Å². The zero-order chi connectivity index (χ0) is 26.2. The Hall–Kier alpha value is -2.92. The lowest BCUT2D eigenvalue weighted by molar-refractivity contribution is -0.141. The largest absolute Gasteiger partial charge is 0.352 e. The number of nitrogens with zero attached hydrogens (tertiary/aromatic N) is 1. The molecule has 5 heteroatoms. The van der Waals surface area contributed by atoms with Gasteiger partial charge in [-0.1, -0.05) is 95.9 Å². The number of amides is 2. The van der Waals surface area contributed by atoms with Gasteiger partial charge in [-0.3, -0.25) is 9.59 Å². The Morgan fingerprint density at radius 2 is 1.59 bits per heavy atom. The van der Waals surface area contributed by atoms with Crippen molar-refractivity contribution >= 4 is 27.7 Å². The highest BCUT2D eigenvalue weighted by Gasteiger charge is 2.32. The summed E-state index contributed by atoms with van der Waals surface area (Å²) in [6, 6.07) is 23.8. The van der Waals surface area contributed by atoms with Gasteiger partial charge >= 0.3 is 0 Å². The van der Waals surface area contributed by atoms with Crippen LogP contribution < -0.4 is 5.32 Å². The minimum atomic E-state index is -0.595. The molecule has 0 aliphatic heterocycles. The van der Waals surface area contributed by atoms with Crippen LogP contribution in [0.3, 0.4) is 0 Å². The number of nitrogens with one attached hydrogen (secondary N) is 1. The zero-order valence-corrected chi connectivity index (χ0v) is 23.5. The van der Waals surface area contributed by atoms with Crippen molar-refractivity contribution in [2.75, 3.05) is 0 Å². The van der Waals surface area contributed by atoms with Crippen LogP contribution in [-0.2, 0) is 29.0 Å². The fraction of sp³-hybridized carbons (Fsp3) is 0.375. The van der Waals surface area contributed by atoms with Crippen molar-refractivity contribution < 1.29 is 9.59 Å². The molecular formula is C32H37BrN2O2. The summed E-state index contributed by atoms with van der Waals surface area (Å²) in [4.78, 5) is 29.6. The van der Waals surface area contributed by atoms with Gasteiger partial charge in [-0.25, -0.2) is 0 Å². The van der Waals surface area contributed by atoms with Crippen molar-refractivity contribution in [3.63, 3.8) is 0 Å². The van der Waals surface area contributed by atoms with Gasteiger partial charge in [0.15, 0.2) is 0 Å². The maximum Gasteiger partial charge on any atom is 0.243 e. The first-order valence-electron chi connectivity index (χ1n) is 13.3. The predicted octanol–water partition coefficient (Wildman–Crippen LogP) is 6.70. The smallest absolute Gasteiger partial charge is 0.243 e. The molecule has 3 aromatic rings. The molecule has 4 rings (SSSR count). The van der Waals surface area contributed by atoms with Gasteiger partial charge in [0.25, 0.3) is 0 Å². The van der Waals surface area contributed by atoms with Crippen molar-refractivity contribution in [1.82, 2.24) is 10.2 Å². The van der Waals surface area contributed by atoms with Crippen LogP contribution in [0, 0.1) is 13.8 Å². The maximum atomic E-state index is 14.0. The molecule has 37 heavy (non-hydrogen) atoms. The van der Waals surface area contributed by atoms with E-state index >= 15 is 0 Å². The van der Waals surface area contributed by atoms with Crippen molar-refractivity contribution in [2.45, 2.75) is 77.4 Å². The third-order valence-electron chi connectivity index (χ3n) is 7.39. The van der Waals surface area contributed by atoms with Gasteiger partial charge in [-0.05, 0) is 66.6 Å². The van der Waals surface area contributed by atoms with Gasteiger partial charge < -0.3 is 10.2 Å². The van der Waals surface area contributed by atoms with Gasteiger partial charge in [0.2, 0.25) is 11.8 Å². The Morgan fingerprint density at radius 3 is 2.30 bits per heavy atom. The summed E-state index contributed by atoms with van der Waals surface area (Å²) in [5.41, 5.74) is 5.38. The third kappa shape index (κ3) is 7.78. The lowest BCUT2D eigenvalue weighted by Gasteiger charge is -2.33. The lowest BCUT2D eigenvalue weighted by atomic mass is 9.94. The summed E-state index contributed by atoms with van der Waals surface area (Å²) in [6.07, 6.45) is 6.26. The highest BCUT2D eigenvalue weighted by Crippen LogP contribution is 2.22. The van der Waals surface area contributed by atoms with Crippen LogP contribution in [0.5, 0.6) is 0 Å². The van der Waals surface area contributed by atoms with E-state index in [1.54, 1.807) is 4.90 Å². The Bertz CT molecular complexity index is 1200. The molecule has 1 N–H and O–H groups in total.